The lowest BCUT2D eigenvalue weighted by Crippen LogP contribution is -2.30. The number of hydrogen-bond donors (Lipinski definition) is 1. The molecule has 68 valence electrons. The number of terminal acetylenes is 1. The second-order valence-electron chi connectivity index (χ2n) is 2.15. The molecule has 0 saturated heterocycles. The van der Waals surface area contributed by atoms with Gasteiger partial charge in [-0.05, 0) is 0 Å². The molecule has 0 aromatic carbocycles. The Balaban J connectivity index is 3.38. The molecule has 12 heavy (non-hydrogen) atoms. The fourth-order valence-electron chi connectivity index (χ4n) is 0.601. The number of carbonyl (C=O) groups is 1. The molecule has 0 amide bonds. The molecule has 0 fully saturated rings. The summed E-state index contributed by atoms with van der Waals surface area (Å²) in [4.78, 5) is 10.5. The summed E-state index contributed by atoms with van der Waals surface area (Å²) in [6, 6.07) is 0. The first-order valence-electron chi connectivity index (χ1n) is 3.58. The Kier molecular flexibility index (Phi) is 6.82. The van der Waals surface area contributed by atoms with Crippen LogP contribution in [0, 0.1) is 12.3 Å². The van der Waals surface area contributed by atoms with E-state index in [1.807, 2.05) is 0 Å². The number of alkyl halides is 1. The third-order valence-electron chi connectivity index (χ3n) is 1.23. The lowest BCUT2D eigenvalue weighted by Gasteiger charge is -2.07. The van der Waals surface area contributed by atoms with Crippen molar-refractivity contribution in [3.05, 3.63) is 0 Å². The maximum absolute atomic E-state index is 10.8. The maximum atomic E-state index is 10.8. The van der Waals surface area contributed by atoms with Crippen LogP contribution in [0.15, 0.2) is 0 Å². The van der Waals surface area contributed by atoms with Crippen LogP contribution in [-0.4, -0.2) is 31.0 Å². The van der Waals surface area contributed by atoms with Crippen molar-refractivity contribution in [1.82, 2.24) is 5.32 Å². The third kappa shape index (κ3) is 5.16. The summed E-state index contributed by atoms with van der Waals surface area (Å²) in [7, 11) is 1.36. The average molecular weight is 234 g/mol. The van der Waals surface area contributed by atoms with E-state index in [9.17, 15) is 4.79 Å². The first kappa shape index (κ1) is 11.5. The topological polar surface area (TPSA) is 38.3 Å². The molecule has 1 atom stereocenters. The molecule has 0 saturated carbocycles. The highest BCUT2D eigenvalue weighted by Gasteiger charge is 2.13. The van der Waals surface area contributed by atoms with Gasteiger partial charge in [-0.15, -0.1) is 12.3 Å². The van der Waals surface area contributed by atoms with E-state index in [0.29, 0.717) is 13.0 Å². The molecule has 0 aromatic rings. The quantitative estimate of drug-likeness (QED) is 0.326. The van der Waals surface area contributed by atoms with Crippen LogP contribution in [0.2, 0.25) is 0 Å². The van der Waals surface area contributed by atoms with Gasteiger partial charge in [0.2, 0.25) is 0 Å². The molecule has 0 aromatic heterocycles. The zero-order valence-corrected chi connectivity index (χ0v) is 8.56. The van der Waals surface area contributed by atoms with Crippen LogP contribution in [0.4, 0.5) is 0 Å². The van der Waals surface area contributed by atoms with Gasteiger partial charge in [0.05, 0.1) is 7.11 Å². The predicted molar refractivity (Wildman–Crippen MR) is 51.1 cm³/mol. The molecule has 0 rings (SSSR count). The highest BCUT2D eigenvalue weighted by atomic mass is 79.9. The van der Waals surface area contributed by atoms with E-state index in [2.05, 4.69) is 31.9 Å². The number of hydrogen-bond acceptors (Lipinski definition) is 3. The first-order valence-corrected chi connectivity index (χ1v) is 4.50. The normalized spacial score (nSPS) is 11.8. The number of rotatable bonds is 5. The largest absolute Gasteiger partial charge is 0.468 e. The summed E-state index contributed by atoms with van der Waals surface area (Å²) >= 11 is 3.17. The van der Waals surface area contributed by atoms with E-state index in [0.717, 1.165) is 6.54 Å². The molecule has 0 bridgehead atoms. The van der Waals surface area contributed by atoms with Crippen molar-refractivity contribution < 1.29 is 9.53 Å². The molecule has 3 nitrogen and oxygen atoms in total. The fourth-order valence-corrected chi connectivity index (χ4v) is 1.02. The Bertz CT molecular complexity index is 176. The standard InChI is InChI=1S/C8H12BrNO2/c1-3-4-5-10-6-7(9)8(11)12-2/h1,7,10H,4-6H2,2H3. The second-order valence-corrected chi connectivity index (χ2v) is 3.25. The van der Waals surface area contributed by atoms with Gasteiger partial charge in [-0.2, -0.15) is 0 Å². The molecule has 4 heteroatoms. The van der Waals surface area contributed by atoms with Gasteiger partial charge in [-0.25, -0.2) is 0 Å². The molecule has 0 aliphatic heterocycles. The lowest BCUT2D eigenvalue weighted by molar-refractivity contribution is -0.139. The van der Waals surface area contributed by atoms with Crippen molar-refractivity contribution in [2.75, 3.05) is 20.2 Å². The molecule has 0 aliphatic rings. The van der Waals surface area contributed by atoms with Crippen LogP contribution >= 0.6 is 15.9 Å². The summed E-state index contributed by atoms with van der Waals surface area (Å²) in [6.07, 6.45) is 5.71. The molecule has 0 heterocycles. The van der Waals surface area contributed by atoms with Gasteiger partial charge in [0.1, 0.15) is 4.83 Å². The van der Waals surface area contributed by atoms with E-state index < -0.39 is 0 Å². The third-order valence-corrected chi connectivity index (χ3v) is 1.92. The Hall–Kier alpha value is -0.530. The zero-order chi connectivity index (χ0) is 9.40. The summed E-state index contributed by atoms with van der Waals surface area (Å²) in [5.74, 6) is 2.22. The Morgan fingerprint density at radius 3 is 3.00 bits per heavy atom. The Morgan fingerprint density at radius 1 is 1.83 bits per heavy atom. The number of carbonyl (C=O) groups excluding carboxylic acids is 1. The number of methoxy groups -OCH3 is 1. The maximum Gasteiger partial charge on any atom is 0.320 e. The monoisotopic (exact) mass is 233 g/mol. The van der Waals surface area contributed by atoms with Gasteiger partial charge < -0.3 is 10.1 Å². The van der Waals surface area contributed by atoms with E-state index >= 15 is 0 Å². The van der Waals surface area contributed by atoms with Crippen molar-refractivity contribution in [3.63, 3.8) is 0 Å². The second kappa shape index (κ2) is 7.14. The van der Waals surface area contributed by atoms with Gasteiger partial charge in [0, 0.05) is 19.5 Å². The zero-order valence-electron chi connectivity index (χ0n) is 6.97. The minimum absolute atomic E-state index is 0.275. The highest BCUT2D eigenvalue weighted by Crippen LogP contribution is 1.99. The van der Waals surface area contributed by atoms with Crippen LogP contribution in [-0.2, 0) is 9.53 Å². The van der Waals surface area contributed by atoms with Crippen LogP contribution in [0.25, 0.3) is 0 Å². The van der Waals surface area contributed by atoms with Crippen LogP contribution in [0.1, 0.15) is 6.42 Å². The summed E-state index contributed by atoms with van der Waals surface area (Å²) in [5.41, 5.74) is 0. The van der Waals surface area contributed by atoms with Crippen LogP contribution in [0.3, 0.4) is 0 Å². The molecule has 0 aliphatic carbocycles. The highest BCUT2D eigenvalue weighted by molar-refractivity contribution is 9.10. The van der Waals surface area contributed by atoms with Crippen LogP contribution < -0.4 is 5.32 Å². The van der Waals surface area contributed by atoms with Gasteiger partial charge in [-0.3, -0.25) is 4.79 Å². The molecular weight excluding hydrogens is 222 g/mol. The minimum atomic E-state index is -0.291. The summed E-state index contributed by atoms with van der Waals surface area (Å²) in [5, 5.41) is 3.01. The van der Waals surface area contributed by atoms with E-state index in [1.165, 1.54) is 7.11 Å². The summed E-state index contributed by atoms with van der Waals surface area (Å²) < 4.78 is 4.50. The van der Waals surface area contributed by atoms with Crippen molar-refractivity contribution >= 4 is 21.9 Å². The van der Waals surface area contributed by atoms with E-state index in [1.54, 1.807) is 0 Å². The number of ether oxygens (including phenoxy) is 1. The van der Waals surface area contributed by atoms with Crippen molar-refractivity contribution in [1.29, 1.82) is 0 Å². The molecular formula is C8H12BrNO2. The van der Waals surface area contributed by atoms with Gasteiger partial charge in [-0.1, -0.05) is 15.9 Å². The van der Waals surface area contributed by atoms with Gasteiger partial charge in [0.15, 0.2) is 0 Å². The Morgan fingerprint density at radius 2 is 2.50 bits per heavy atom. The molecule has 1 unspecified atom stereocenters. The SMILES string of the molecule is C#CCCNCC(Br)C(=O)OC. The first-order chi connectivity index (χ1) is 5.72. The minimum Gasteiger partial charge on any atom is -0.468 e. The smallest absolute Gasteiger partial charge is 0.320 e. The molecule has 1 N–H and O–H groups in total. The summed E-state index contributed by atoms with van der Waals surface area (Å²) in [6.45, 7) is 1.25. The van der Waals surface area contributed by atoms with Crippen molar-refractivity contribution in [2.24, 2.45) is 0 Å². The predicted octanol–water partition coefficient (Wildman–Crippen LogP) is 0.536. The molecule has 0 spiro atoms. The number of halogens is 1. The van der Waals surface area contributed by atoms with Gasteiger partial charge in [0.25, 0.3) is 0 Å². The van der Waals surface area contributed by atoms with Crippen LogP contribution in [0.5, 0.6) is 0 Å². The van der Waals surface area contributed by atoms with Crippen molar-refractivity contribution in [2.45, 2.75) is 11.2 Å². The van der Waals surface area contributed by atoms with Gasteiger partial charge >= 0.3 is 5.97 Å². The van der Waals surface area contributed by atoms with E-state index in [4.69, 9.17) is 6.42 Å². The molecule has 0 radical (unpaired) electrons. The van der Waals surface area contributed by atoms with Crippen molar-refractivity contribution in [3.8, 4) is 12.3 Å². The average Bonchev–Trinajstić information content (AvgIpc) is 2.10. The number of esters is 1. The number of nitrogens with one attached hydrogen (secondary N) is 1. The lowest BCUT2D eigenvalue weighted by atomic mass is 10.4. The van der Waals surface area contributed by atoms with E-state index in [-0.39, 0.29) is 10.8 Å². The Labute approximate surface area is 81.0 Å². The fraction of sp³-hybridized carbons (Fsp3) is 0.625.